The summed E-state index contributed by atoms with van der Waals surface area (Å²) >= 11 is 0. The first kappa shape index (κ1) is 11.0. The third-order valence-corrected chi connectivity index (χ3v) is 3.01. The van der Waals surface area contributed by atoms with Crippen LogP contribution in [0.3, 0.4) is 0 Å². The van der Waals surface area contributed by atoms with Gasteiger partial charge in [0.1, 0.15) is 0 Å². The fraction of sp³-hybridized carbons (Fsp3) is 1.00. The Bertz CT molecular complexity index is 162. The highest BCUT2D eigenvalue weighted by Crippen LogP contribution is 2.27. The van der Waals surface area contributed by atoms with Crippen LogP contribution in [0.1, 0.15) is 47.0 Å². The topological polar surface area (TPSA) is 23.5 Å². The Morgan fingerprint density at radius 2 is 1.92 bits per heavy atom. The van der Waals surface area contributed by atoms with Crippen molar-refractivity contribution in [3.63, 3.8) is 0 Å². The van der Waals surface area contributed by atoms with Gasteiger partial charge < -0.3 is 5.11 Å². The van der Waals surface area contributed by atoms with Gasteiger partial charge in [-0.3, -0.25) is 4.90 Å². The summed E-state index contributed by atoms with van der Waals surface area (Å²) in [5, 5.41) is 9.61. The van der Waals surface area contributed by atoms with Crippen LogP contribution in [-0.4, -0.2) is 34.2 Å². The number of rotatable bonds is 1. The Morgan fingerprint density at radius 1 is 1.31 bits per heavy atom. The maximum atomic E-state index is 9.61. The molecular formula is C11H23NO. The fourth-order valence-corrected chi connectivity index (χ4v) is 2.25. The summed E-state index contributed by atoms with van der Waals surface area (Å²) in [5.41, 5.74) is 0.197. The summed E-state index contributed by atoms with van der Waals surface area (Å²) in [6, 6.07) is 0.670. The molecule has 0 unspecified atom stereocenters. The lowest BCUT2D eigenvalue weighted by Gasteiger charge is -2.46. The van der Waals surface area contributed by atoms with E-state index in [1.165, 1.54) is 6.42 Å². The molecule has 1 rings (SSSR count). The first-order valence-electron chi connectivity index (χ1n) is 5.40. The van der Waals surface area contributed by atoms with Crippen molar-refractivity contribution >= 4 is 0 Å². The molecule has 1 aliphatic heterocycles. The van der Waals surface area contributed by atoms with Crippen molar-refractivity contribution in [2.24, 2.45) is 0 Å². The number of β-amino-alcohol motifs (C(OH)–C–C–N with tert-alkyl or cyclic N) is 1. The van der Waals surface area contributed by atoms with Crippen LogP contribution >= 0.6 is 0 Å². The minimum atomic E-state index is -0.109. The Balaban J connectivity index is 2.65. The average molecular weight is 185 g/mol. The maximum absolute atomic E-state index is 9.61. The fourth-order valence-electron chi connectivity index (χ4n) is 2.25. The molecule has 2 heteroatoms. The zero-order valence-corrected chi connectivity index (χ0v) is 9.38. The lowest BCUT2D eigenvalue weighted by atomic mass is 9.92. The standard InChI is InChI=1S/C11H23NO/c1-5-9-6-7-10(13)8-12(9)11(2,3)4/h9-10,13H,5-8H2,1-4H3/t9-,10-/m0/s1. The zero-order valence-electron chi connectivity index (χ0n) is 9.38. The average Bonchev–Trinajstić information content (AvgIpc) is 2.03. The molecule has 0 aromatic carbocycles. The lowest BCUT2D eigenvalue weighted by molar-refractivity contribution is -0.0173. The van der Waals surface area contributed by atoms with Gasteiger partial charge in [-0.1, -0.05) is 6.92 Å². The van der Waals surface area contributed by atoms with Crippen LogP contribution in [0.4, 0.5) is 0 Å². The van der Waals surface area contributed by atoms with Crippen LogP contribution in [-0.2, 0) is 0 Å². The molecular weight excluding hydrogens is 162 g/mol. The molecule has 0 radical (unpaired) electrons. The summed E-state index contributed by atoms with van der Waals surface area (Å²) < 4.78 is 0. The van der Waals surface area contributed by atoms with E-state index in [1.54, 1.807) is 0 Å². The highest BCUT2D eigenvalue weighted by atomic mass is 16.3. The molecule has 0 amide bonds. The van der Waals surface area contributed by atoms with Gasteiger partial charge >= 0.3 is 0 Å². The van der Waals surface area contributed by atoms with Gasteiger partial charge in [-0.15, -0.1) is 0 Å². The molecule has 0 saturated carbocycles. The van der Waals surface area contributed by atoms with Crippen LogP contribution in [0.25, 0.3) is 0 Å². The van der Waals surface area contributed by atoms with E-state index in [9.17, 15) is 5.11 Å². The summed E-state index contributed by atoms with van der Waals surface area (Å²) in [7, 11) is 0. The predicted molar refractivity (Wildman–Crippen MR) is 55.8 cm³/mol. The highest BCUT2D eigenvalue weighted by Gasteiger charge is 2.32. The molecule has 78 valence electrons. The van der Waals surface area contributed by atoms with E-state index in [4.69, 9.17) is 0 Å². The maximum Gasteiger partial charge on any atom is 0.0668 e. The van der Waals surface area contributed by atoms with Gasteiger partial charge in [0.25, 0.3) is 0 Å². The van der Waals surface area contributed by atoms with Gasteiger partial charge in [0.15, 0.2) is 0 Å². The smallest absolute Gasteiger partial charge is 0.0668 e. The summed E-state index contributed by atoms with van der Waals surface area (Å²) in [6.07, 6.45) is 3.21. The van der Waals surface area contributed by atoms with Crippen molar-refractivity contribution in [1.29, 1.82) is 0 Å². The minimum absolute atomic E-state index is 0.109. The van der Waals surface area contributed by atoms with Crippen LogP contribution < -0.4 is 0 Å². The van der Waals surface area contributed by atoms with Crippen molar-refractivity contribution < 1.29 is 5.11 Å². The normalized spacial score (nSPS) is 32.1. The van der Waals surface area contributed by atoms with Crippen molar-refractivity contribution in [2.45, 2.75) is 64.6 Å². The molecule has 0 aliphatic carbocycles. The van der Waals surface area contributed by atoms with Gasteiger partial charge in [-0.05, 0) is 40.0 Å². The molecule has 0 spiro atoms. The molecule has 0 aromatic heterocycles. The van der Waals surface area contributed by atoms with E-state index in [0.29, 0.717) is 6.04 Å². The highest BCUT2D eigenvalue weighted by molar-refractivity contribution is 4.88. The largest absolute Gasteiger partial charge is 0.392 e. The van der Waals surface area contributed by atoms with E-state index in [2.05, 4.69) is 32.6 Å². The van der Waals surface area contributed by atoms with Crippen molar-refractivity contribution in [3.05, 3.63) is 0 Å². The predicted octanol–water partition coefficient (Wildman–Crippen LogP) is 2.02. The Hall–Kier alpha value is -0.0800. The van der Waals surface area contributed by atoms with Crippen LogP contribution in [0.2, 0.25) is 0 Å². The molecule has 1 aliphatic rings. The number of aliphatic hydroxyl groups is 1. The van der Waals surface area contributed by atoms with E-state index in [1.807, 2.05) is 0 Å². The van der Waals surface area contributed by atoms with E-state index >= 15 is 0 Å². The molecule has 2 nitrogen and oxygen atoms in total. The minimum Gasteiger partial charge on any atom is -0.392 e. The Morgan fingerprint density at radius 3 is 2.38 bits per heavy atom. The van der Waals surface area contributed by atoms with Gasteiger partial charge in [0.05, 0.1) is 6.10 Å². The van der Waals surface area contributed by atoms with E-state index < -0.39 is 0 Å². The Labute approximate surface area is 81.9 Å². The second-order valence-electron chi connectivity index (χ2n) is 5.12. The molecule has 2 atom stereocenters. The summed E-state index contributed by atoms with van der Waals surface area (Å²) in [6.45, 7) is 9.78. The first-order valence-corrected chi connectivity index (χ1v) is 5.40. The molecule has 1 N–H and O–H groups in total. The molecule has 0 bridgehead atoms. The van der Waals surface area contributed by atoms with E-state index in [-0.39, 0.29) is 11.6 Å². The number of aliphatic hydroxyl groups excluding tert-OH is 1. The third-order valence-electron chi connectivity index (χ3n) is 3.01. The Kier molecular flexibility index (Phi) is 3.36. The lowest BCUT2D eigenvalue weighted by Crippen LogP contribution is -2.54. The number of hydrogen-bond donors (Lipinski definition) is 1. The number of nitrogens with zero attached hydrogens (tertiary/aromatic N) is 1. The number of likely N-dealkylation sites (tertiary alicyclic amines) is 1. The van der Waals surface area contributed by atoms with E-state index in [0.717, 1.165) is 19.4 Å². The van der Waals surface area contributed by atoms with Crippen molar-refractivity contribution in [3.8, 4) is 0 Å². The second-order valence-corrected chi connectivity index (χ2v) is 5.12. The van der Waals surface area contributed by atoms with Crippen molar-refractivity contribution in [1.82, 2.24) is 4.90 Å². The van der Waals surface area contributed by atoms with Gasteiger partial charge in [0, 0.05) is 18.1 Å². The quantitative estimate of drug-likeness (QED) is 0.675. The molecule has 0 aromatic rings. The summed E-state index contributed by atoms with van der Waals surface area (Å²) in [4.78, 5) is 2.45. The van der Waals surface area contributed by atoms with Gasteiger partial charge in [-0.25, -0.2) is 0 Å². The van der Waals surface area contributed by atoms with Crippen LogP contribution in [0, 0.1) is 0 Å². The zero-order chi connectivity index (χ0) is 10.1. The van der Waals surface area contributed by atoms with Gasteiger partial charge in [0.2, 0.25) is 0 Å². The van der Waals surface area contributed by atoms with Crippen LogP contribution in [0.5, 0.6) is 0 Å². The van der Waals surface area contributed by atoms with Crippen LogP contribution in [0.15, 0.2) is 0 Å². The number of hydrogen-bond acceptors (Lipinski definition) is 2. The second kappa shape index (κ2) is 3.97. The first-order chi connectivity index (χ1) is 5.95. The number of piperidine rings is 1. The molecule has 1 saturated heterocycles. The van der Waals surface area contributed by atoms with Crippen molar-refractivity contribution in [2.75, 3.05) is 6.54 Å². The summed E-state index contributed by atoms with van der Waals surface area (Å²) in [5.74, 6) is 0. The van der Waals surface area contributed by atoms with Gasteiger partial charge in [-0.2, -0.15) is 0 Å². The molecule has 13 heavy (non-hydrogen) atoms. The molecule has 1 fully saturated rings. The monoisotopic (exact) mass is 185 g/mol. The third kappa shape index (κ3) is 2.68. The molecule has 1 heterocycles. The SMILES string of the molecule is CC[C@H]1CC[C@H](O)CN1C(C)(C)C.